The van der Waals surface area contributed by atoms with Gasteiger partial charge in [-0.05, 0) is 92.4 Å². The first-order chi connectivity index (χ1) is 20.5. The van der Waals surface area contributed by atoms with E-state index in [1.807, 2.05) is 26.1 Å². The van der Waals surface area contributed by atoms with Gasteiger partial charge in [0, 0.05) is 34.9 Å². The van der Waals surface area contributed by atoms with Gasteiger partial charge in [-0.2, -0.15) is 18.4 Å². The van der Waals surface area contributed by atoms with Crippen molar-refractivity contribution >= 4 is 17.3 Å². The standard InChI is InChI=1S/C32H37F3N7O/c1-20(8-11-36)39-23-14-24(22-6-4-7-22)29(42-19-40(3)18-38-42)28(15-23)41-17-26-25(30(41)43)12-21(13-27(26)32(33,34)35)16-37-31(2)9-5-10-31/h12-15,18-20,22,37,39H,4-10,16-17H2,1-3H3/q+1/t20-/m1/s1. The Morgan fingerprint density at radius 3 is 2.56 bits per heavy atom. The fourth-order valence-electron chi connectivity index (χ4n) is 6.38. The number of nitrogens with one attached hydrogen (secondary N) is 2. The second-order valence-corrected chi connectivity index (χ2v) is 12.7. The molecule has 2 fully saturated rings. The lowest BCUT2D eigenvalue weighted by atomic mass is 9.78. The van der Waals surface area contributed by atoms with Crippen LogP contribution in [0.2, 0.25) is 0 Å². The number of nitrogens with zero attached hydrogens (tertiary/aromatic N) is 5. The number of hydrogen-bond acceptors (Lipinski definition) is 5. The number of anilines is 2. The van der Waals surface area contributed by atoms with Crippen molar-refractivity contribution in [3.8, 4) is 11.8 Å². The summed E-state index contributed by atoms with van der Waals surface area (Å²) < 4.78 is 46.9. The summed E-state index contributed by atoms with van der Waals surface area (Å²) in [5, 5.41) is 20.5. The molecular weight excluding hydrogens is 555 g/mol. The molecule has 2 aromatic carbocycles. The van der Waals surface area contributed by atoms with Crippen molar-refractivity contribution in [3.05, 3.63) is 64.7 Å². The molecule has 2 heterocycles. The predicted molar refractivity (Wildman–Crippen MR) is 156 cm³/mol. The number of amides is 1. The molecular formula is C32H37F3N7O+. The molecule has 3 aromatic rings. The van der Waals surface area contributed by atoms with Crippen molar-refractivity contribution < 1.29 is 22.6 Å². The molecule has 3 aliphatic rings. The summed E-state index contributed by atoms with van der Waals surface area (Å²) in [6.07, 6.45) is 5.19. The van der Waals surface area contributed by atoms with E-state index >= 15 is 0 Å². The fraction of sp³-hybridized carbons (Fsp3) is 0.500. The molecule has 43 heavy (non-hydrogen) atoms. The number of aromatic nitrogens is 3. The molecule has 0 spiro atoms. The Balaban J connectivity index is 1.46. The Labute approximate surface area is 249 Å². The van der Waals surface area contributed by atoms with Gasteiger partial charge in [0.05, 0.1) is 37.3 Å². The lowest BCUT2D eigenvalue weighted by molar-refractivity contribution is -0.657. The van der Waals surface area contributed by atoms with Crippen LogP contribution in [0.15, 0.2) is 36.9 Å². The maximum atomic E-state index is 14.5. The topological polar surface area (TPSA) is 89.9 Å². The molecule has 0 bridgehead atoms. The zero-order valence-corrected chi connectivity index (χ0v) is 24.8. The number of aryl methyl sites for hydroxylation is 1. The van der Waals surface area contributed by atoms with Gasteiger partial charge in [-0.25, -0.2) is 4.57 Å². The number of halogens is 3. The molecule has 0 unspecified atom stereocenters. The van der Waals surface area contributed by atoms with Crippen LogP contribution in [0.25, 0.3) is 5.69 Å². The Morgan fingerprint density at radius 1 is 1.21 bits per heavy atom. The summed E-state index contributed by atoms with van der Waals surface area (Å²) in [6.45, 7) is 4.04. The van der Waals surface area contributed by atoms with Crippen LogP contribution in [0, 0.1) is 11.3 Å². The van der Waals surface area contributed by atoms with Gasteiger partial charge in [0.15, 0.2) is 5.69 Å². The second kappa shape index (κ2) is 11.0. The first kappa shape index (κ1) is 29.2. The molecule has 11 heteroatoms. The van der Waals surface area contributed by atoms with Gasteiger partial charge in [-0.3, -0.25) is 9.69 Å². The second-order valence-electron chi connectivity index (χ2n) is 12.7. The summed E-state index contributed by atoms with van der Waals surface area (Å²) in [6, 6.07) is 8.69. The minimum atomic E-state index is -4.61. The lowest BCUT2D eigenvalue weighted by Crippen LogP contribution is -2.47. The van der Waals surface area contributed by atoms with E-state index in [0.29, 0.717) is 16.9 Å². The number of fused-ring (bicyclic) bond motifs is 1. The molecule has 8 nitrogen and oxygen atoms in total. The number of carbonyl (C=O) groups is 1. The predicted octanol–water partition coefficient (Wildman–Crippen LogP) is 5.89. The maximum Gasteiger partial charge on any atom is 0.416 e. The molecule has 6 rings (SSSR count). The third-order valence-corrected chi connectivity index (χ3v) is 9.23. The van der Waals surface area contributed by atoms with E-state index in [9.17, 15) is 23.2 Å². The van der Waals surface area contributed by atoms with Gasteiger partial charge < -0.3 is 10.6 Å². The maximum absolute atomic E-state index is 14.5. The van der Waals surface area contributed by atoms with Gasteiger partial charge in [-0.15, -0.1) is 0 Å². The fourth-order valence-corrected chi connectivity index (χ4v) is 6.38. The van der Waals surface area contributed by atoms with Gasteiger partial charge >= 0.3 is 6.18 Å². The molecule has 2 N–H and O–H groups in total. The van der Waals surface area contributed by atoms with E-state index in [-0.39, 0.29) is 48.1 Å². The first-order valence-corrected chi connectivity index (χ1v) is 15.0. The van der Waals surface area contributed by atoms with E-state index in [1.165, 1.54) is 11.0 Å². The summed E-state index contributed by atoms with van der Waals surface area (Å²) in [5.74, 6) is -0.232. The average Bonchev–Trinajstić information content (AvgIpc) is 3.47. The Hall–Kier alpha value is -3.91. The van der Waals surface area contributed by atoms with Crippen molar-refractivity contribution in [1.82, 2.24) is 15.0 Å². The molecule has 1 amide bonds. The van der Waals surface area contributed by atoms with Gasteiger partial charge in [0.1, 0.15) is 0 Å². The molecule has 0 saturated heterocycles. The largest absolute Gasteiger partial charge is 0.416 e. The van der Waals surface area contributed by atoms with Crippen molar-refractivity contribution in [3.63, 3.8) is 0 Å². The van der Waals surface area contributed by atoms with Gasteiger partial charge in [0.25, 0.3) is 12.2 Å². The molecule has 1 aromatic heterocycles. The number of alkyl halides is 3. The van der Waals surface area contributed by atoms with Crippen molar-refractivity contribution in [1.29, 1.82) is 5.26 Å². The smallest absolute Gasteiger partial charge is 0.381 e. The highest BCUT2D eigenvalue weighted by Crippen LogP contribution is 2.45. The van der Waals surface area contributed by atoms with Crippen LogP contribution >= 0.6 is 0 Å². The summed E-state index contributed by atoms with van der Waals surface area (Å²) in [7, 11) is 1.84. The van der Waals surface area contributed by atoms with Crippen LogP contribution < -0.4 is 20.2 Å². The SMILES string of the molecule is C[C@H](CC#N)Nc1cc(C2CCC2)c(-[n+]2cn(C)cn2)c(N2Cc3c(cc(CNC4(C)CCC4)cc3C(F)(F)F)C2=O)c1. The zero-order chi connectivity index (χ0) is 30.5. The minimum absolute atomic E-state index is 0.00511. The Kier molecular flexibility index (Phi) is 7.45. The highest BCUT2D eigenvalue weighted by molar-refractivity contribution is 6.11. The number of carbonyl (C=O) groups excluding carboxylic acids is 1. The quantitative estimate of drug-likeness (QED) is 0.303. The molecule has 0 radical (unpaired) electrons. The van der Waals surface area contributed by atoms with Crippen molar-refractivity contribution in [2.24, 2.45) is 7.05 Å². The minimum Gasteiger partial charge on any atom is -0.381 e. The van der Waals surface area contributed by atoms with Crippen molar-refractivity contribution in [2.75, 3.05) is 10.2 Å². The van der Waals surface area contributed by atoms with Crippen LogP contribution in [-0.2, 0) is 26.3 Å². The number of hydrogen-bond donors (Lipinski definition) is 2. The van der Waals surface area contributed by atoms with Crippen LogP contribution in [0.5, 0.6) is 0 Å². The van der Waals surface area contributed by atoms with Crippen LogP contribution in [0.3, 0.4) is 0 Å². The van der Waals surface area contributed by atoms with Gasteiger partial charge in [0.2, 0.25) is 6.33 Å². The third kappa shape index (κ3) is 5.60. The molecule has 1 atom stereocenters. The van der Waals surface area contributed by atoms with Crippen LogP contribution in [0.4, 0.5) is 24.5 Å². The number of rotatable bonds is 9. The van der Waals surface area contributed by atoms with Gasteiger partial charge in [-0.1, -0.05) is 11.1 Å². The average molecular weight is 593 g/mol. The Morgan fingerprint density at radius 2 is 1.98 bits per heavy atom. The lowest BCUT2D eigenvalue weighted by Gasteiger charge is -2.39. The van der Waals surface area contributed by atoms with E-state index in [2.05, 4.69) is 28.7 Å². The highest BCUT2D eigenvalue weighted by Gasteiger charge is 2.42. The van der Waals surface area contributed by atoms with E-state index in [4.69, 9.17) is 0 Å². The zero-order valence-electron chi connectivity index (χ0n) is 24.8. The normalized spacial score (nSPS) is 18.5. The summed E-state index contributed by atoms with van der Waals surface area (Å²) in [4.78, 5) is 15.6. The molecule has 2 saturated carbocycles. The molecule has 2 aliphatic carbocycles. The highest BCUT2D eigenvalue weighted by atomic mass is 19.4. The van der Waals surface area contributed by atoms with E-state index < -0.39 is 17.6 Å². The van der Waals surface area contributed by atoms with Crippen molar-refractivity contribution in [2.45, 2.75) is 95.6 Å². The van der Waals surface area contributed by atoms with Crippen LogP contribution in [-0.4, -0.2) is 27.2 Å². The first-order valence-electron chi connectivity index (χ1n) is 15.0. The third-order valence-electron chi connectivity index (χ3n) is 9.23. The summed E-state index contributed by atoms with van der Waals surface area (Å²) >= 11 is 0. The van der Waals surface area contributed by atoms with E-state index in [1.54, 1.807) is 28.0 Å². The summed E-state index contributed by atoms with van der Waals surface area (Å²) in [5.41, 5.74) is 2.57. The molecule has 226 valence electrons. The number of nitriles is 1. The Bertz CT molecular complexity index is 1600. The number of benzene rings is 2. The monoisotopic (exact) mass is 592 g/mol. The molecule has 1 aliphatic heterocycles. The van der Waals surface area contributed by atoms with E-state index in [0.717, 1.165) is 49.8 Å². The van der Waals surface area contributed by atoms with Crippen LogP contribution in [0.1, 0.15) is 97.3 Å².